The van der Waals surface area contributed by atoms with Crippen molar-refractivity contribution in [3.8, 4) is 0 Å². The van der Waals surface area contributed by atoms with Crippen LogP contribution >= 0.6 is 22.7 Å². The van der Waals surface area contributed by atoms with Gasteiger partial charge in [0.1, 0.15) is 19.1 Å². The Hall–Kier alpha value is -1.34. The summed E-state index contributed by atoms with van der Waals surface area (Å²) in [7, 11) is 0. The van der Waals surface area contributed by atoms with Gasteiger partial charge >= 0.3 is 5.97 Å². The summed E-state index contributed by atoms with van der Waals surface area (Å²) in [6.07, 6.45) is 3.69. The van der Waals surface area contributed by atoms with Crippen molar-refractivity contribution in [3.05, 3.63) is 50.0 Å². The van der Waals surface area contributed by atoms with Crippen LogP contribution < -0.4 is 17.3 Å². The van der Waals surface area contributed by atoms with Gasteiger partial charge in [0.15, 0.2) is 0 Å². The number of quaternary nitrogens is 1. The molecule has 1 saturated heterocycles. The minimum absolute atomic E-state index is 0. The molecule has 0 spiro atoms. The molecule has 3 rings (SSSR count). The Morgan fingerprint density at radius 2 is 1.89 bits per heavy atom. The minimum atomic E-state index is -0.661. The van der Waals surface area contributed by atoms with Crippen molar-refractivity contribution >= 4 is 34.2 Å². The number of hydrogen-bond donors (Lipinski definition) is 2. The third-order valence-electron chi connectivity index (χ3n) is 4.96. The van der Waals surface area contributed by atoms with Crippen LogP contribution in [-0.4, -0.2) is 37.3 Å². The lowest BCUT2D eigenvalue weighted by molar-refractivity contribution is -0.907. The summed E-state index contributed by atoms with van der Waals surface area (Å²) in [6.45, 7) is 7.47. The fourth-order valence-corrected chi connectivity index (χ4v) is 5.39. The molecule has 0 bridgehead atoms. The Morgan fingerprint density at radius 1 is 1.26 bits per heavy atom. The molecule has 0 aromatic carbocycles. The van der Waals surface area contributed by atoms with Gasteiger partial charge in [0.05, 0.1) is 19.4 Å². The molecule has 7 heteroatoms. The van der Waals surface area contributed by atoms with E-state index in [4.69, 9.17) is 4.74 Å². The summed E-state index contributed by atoms with van der Waals surface area (Å²) in [5.74, 6) is -0.862. The van der Waals surface area contributed by atoms with Gasteiger partial charge in [-0.15, -0.1) is 22.7 Å². The number of carboxylic acid groups (broad SMARTS) is 1. The first-order valence-corrected chi connectivity index (χ1v) is 10.8. The Kier molecular flexibility index (Phi) is 8.35. The Morgan fingerprint density at radius 3 is 2.41 bits per heavy atom. The fourth-order valence-electron chi connectivity index (χ4n) is 3.44. The second kappa shape index (κ2) is 10.3. The molecule has 0 aliphatic carbocycles. The van der Waals surface area contributed by atoms with Crippen molar-refractivity contribution < 1.29 is 31.9 Å². The number of aliphatic carboxylic acids is 1. The van der Waals surface area contributed by atoms with Crippen LogP contribution in [0.2, 0.25) is 0 Å². The van der Waals surface area contributed by atoms with Crippen LogP contribution in [0.3, 0.4) is 0 Å². The predicted octanol–water partition coefficient (Wildman–Crippen LogP) is 0.216. The Bertz CT molecular complexity index is 742. The van der Waals surface area contributed by atoms with E-state index in [2.05, 4.69) is 36.7 Å². The molecule has 2 aromatic rings. The van der Waals surface area contributed by atoms with E-state index in [0.29, 0.717) is 13.2 Å². The van der Waals surface area contributed by atoms with Gasteiger partial charge < -0.3 is 27.2 Å². The smallest absolute Gasteiger partial charge is 0.312 e. The molecular weight excluding hydrogens is 402 g/mol. The molecule has 1 aliphatic heterocycles. The van der Waals surface area contributed by atoms with Gasteiger partial charge in [0.25, 0.3) is 0 Å². The second-order valence-electron chi connectivity index (χ2n) is 6.90. The number of aryl methyl sites for hydroxylation is 2. The number of thiophene rings is 2. The molecule has 1 fully saturated rings. The van der Waals surface area contributed by atoms with E-state index >= 15 is 0 Å². The molecule has 1 unspecified atom stereocenters. The van der Waals surface area contributed by atoms with Crippen LogP contribution in [0, 0.1) is 19.8 Å². The number of carbonyl (C=O) groups is 1. The maximum absolute atomic E-state index is 11.2. The van der Waals surface area contributed by atoms with Gasteiger partial charge in [-0.2, -0.15) is 0 Å². The molecule has 27 heavy (non-hydrogen) atoms. The number of piperidine rings is 1. The summed E-state index contributed by atoms with van der Waals surface area (Å²) in [6, 6.07) is 4.28. The van der Waals surface area contributed by atoms with Crippen LogP contribution in [0.4, 0.5) is 0 Å². The summed E-state index contributed by atoms with van der Waals surface area (Å²) < 4.78 is 5.93. The lowest BCUT2D eigenvalue weighted by Gasteiger charge is -2.27. The summed E-state index contributed by atoms with van der Waals surface area (Å²) in [5.41, 5.74) is 3.69. The van der Waals surface area contributed by atoms with Crippen LogP contribution in [0.1, 0.15) is 33.7 Å². The average Bonchev–Trinajstić information content (AvgIpc) is 3.24. The van der Waals surface area contributed by atoms with Gasteiger partial charge in [0.2, 0.25) is 0 Å². The topological polar surface area (TPSA) is 51.0 Å². The predicted molar refractivity (Wildman–Crippen MR) is 107 cm³/mol. The van der Waals surface area contributed by atoms with Gasteiger partial charge in [-0.25, -0.2) is 0 Å². The Balaban J connectivity index is 0.00000261. The summed E-state index contributed by atoms with van der Waals surface area (Å²) in [4.78, 5) is 15.0. The van der Waals surface area contributed by atoms with E-state index in [9.17, 15) is 9.90 Å². The van der Waals surface area contributed by atoms with Crippen molar-refractivity contribution in [2.75, 3.05) is 26.2 Å². The molecule has 0 amide bonds. The van der Waals surface area contributed by atoms with Gasteiger partial charge in [-0.1, -0.05) is 0 Å². The zero-order valence-corrected chi connectivity index (χ0v) is 18.1. The highest BCUT2D eigenvalue weighted by atomic mass is 35.5. The van der Waals surface area contributed by atoms with Crippen molar-refractivity contribution in [1.29, 1.82) is 0 Å². The molecule has 3 heterocycles. The number of rotatable bonds is 7. The zero-order chi connectivity index (χ0) is 18.5. The van der Waals surface area contributed by atoms with Gasteiger partial charge in [-0.05, 0) is 60.7 Å². The van der Waals surface area contributed by atoms with E-state index in [1.165, 1.54) is 25.8 Å². The summed E-state index contributed by atoms with van der Waals surface area (Å²) >= 11 is 3.48. The van der Waals surface area contributed by atoms with Crippen molar-refractivity contribution in [2.24, 2.45) is 5.92 Å². The molecule has 1 aliphatic rings. The maximum Gasteiger partial charge on any atom is 0.312 e. The second-order valence-corrected chi connectivity index (χ2v) is 8.73. The third kappa shape index (κ3) is 5.57. The monoisotopic (exact) mass is 427 g/mol. The summed E-state index contributed by atoms with van der Waals surface area (Å²) in [5, 5.41) is 13.4. The maximum atomic E-state index is 11.2. The largest absolute Gasteiger partial charge is 1.00 e. The van der Waals surface area contributed by atoms with Crippen molar-refractivity contribution in [3.63, 3.8) is 0 Å². The third-order valence-corrected chi connectivity index (χ3v) is 7.05. The van der Waals surface area contributed by atoms with Crippen LogP contribution in [0.15, 0.2) is 29.2 Å². The van der Waals surface area contributed by atoms with Crippen LogP contribution in [-0.2, 0) is 9.53 Å². The van der Waals surface area contributed by atoms with Crippen LogP contribution in [0.25, 0.3) is 5.57 Å². The Labute approximate surface area is 174 Å². The molecular formula is C20H26ClNO3S2. The quantitative estimate of drug-likeness (QED) is 0.491. The lowest BCUT2D eigenvalue weighted by Crippen LogP contribution is -3.14. The highest BCUT2D eigenvalue weighted by molar-refractivity contribution is 7.14. The van der Waals surface area contributed by atoms with Crippen molar-refractivity contribution in [1.82, 2.24) is 0 Å². The van der Waals surface area contributed by atoms with Crippen LogP contribution in [0.5, 0.6) is 0 Å². The fraction of sp³-hybridized carbons (Fsp3) is 0.450. The van der Waals surface area contributed by atoms with E-state index in [0.717, 1.165) is 31.5 Å². The minimum Gasteiger partial charge on any atom is -1.00 e. The number of nitrogens with one attached hydrogen (secondary N) is 1. The van der Waals surface area contributed by atoms with E-state index in [1.807, 2.05) is 6.26 Å². The molecule has 148 valence electrons. The molecule has 2 aromatic heterocycles. The molecule has 0 saturated carbocycles. The SMILES string of the molecule is Cc1ccsc1C(=COCC[NH+]1CCC[C@@H](C(=O)O)C1)c1sccc1C.[Cl-]. The average molecular weight is 428 g/mol. The molecule has 2 N–H and O–H groups in total. The van der Waals surface area contributed by atoms with Gasteiger partial charge in [0, 0.05) is 15.3 Å². The first-order valence-electron chi connectivity index (χ1n) is 9.03. The highest BCUT2D eigenvalue weighted by Crippen LogP contribution is 2.35. The van der Waals surface area contributed by atoms with Gasteiger partial charge in [-0.3, -0.25) is 4.79 Å². The number of carboxylic acids is 1. The number of halogens is 1. The van der Waals surface area contributed by atoms with E-state index in [-0.39, 0.29) is 18.3 Å². The number of hydrogen-bond acceptors (Lipinski definition) is 4. The van der Waals surface area contributed by atoms with Crippen molar-refractivity contribution in [2.45, 2.75) is 26.7 Å². The van der Waals surface area contributed by atoms with E-state index < -0.39 is 5.97 Å². The molecule has 4 nitrogen and oxygen atoms in total. The molecule has 0 radical (unpaired) electrons. The zero-order valence-electron chi connectivity index (χ0n) is 15.7. The lowest BCUT2D eigenvalue weighted by atomic mass is 9.98. The first-order chi connectivity index (χ1) is 12.6. The number of ether oxygens (including phenoxy) is 1. The molecule has 2 atom stereocenters. The highest BCUT2D eigenvalue weighted by Gasteiger charge is 2.28. The first kappa shape index (κ1) is 22.0. The van der Waals surface area contributed by atoms with E-state index in [1.54, 1.807) is 22.7 Å². The number of likely N-dealkylation sites (tertiary alicyclic amines) is 1. The normalized spacial score (nSPS) is 19.2. The standard InChI is InChI=1S/C20H25NO3S2.ClH/c1-14-5-10-25-18(14)17(19-15(2)6-11-26-19)13-24-9-8-21-7-3-4-16(12-21)20(22)23;/h5-6,10-11,13,16H,3-4,7-9,12H2,1-2H3,(H,22,23);1H/t16-;/m1./s1.